The van der Waals surface area contributed by atoms with Crippen molar-refractivity contribution in [1.29, 1.82) is 0 Å². The van der Waals surface area contributed by atoms with Crippen molar-refractivity contribution in [3.05, 3.63) is 35.4 Å². The van der Waals surface area contributed by atoms with E-state index in [1.165, 1.54) is 62.5 Å². The smallest absolute Gasteiger partial charge is 0.00136 e. The molecule has 0 aliphatic heterocycles. The predicted molar refractivity (Wildman–Crippen MR) is 84.1 cm³/mol. The number of hydrogen-bond acceptors (Lipinski definition) is 0. The Morgan fingerprint density at radius 1 is 1.11 bits per heavy atom. The molecule has 0 radical (unpaired) electrons. The lowest BCUT2D eigenvalue weighted by Crippen LogP contribution is -2.11. The average Bonchev–Trinajstić information content (AvgIpc) is 2.46. The van der Waals surface area contributed by atoms with Crippen molar-refractivity contribution in [3.8, 4) is 0 Å². The van der Waals surface area contributed by atoms with Gasteiger partial charge in [0.05, 0.1) is 0 Å². The molecule has 1 aliphatic carbocycles. The Morgan fingerprint density at radius 2 is 1.78 bits per heavy atom. The highest BCUT2D eigenvalue weighted by atomic mass is 31.0. The van der Waals surface area contributed by atoms with E-state index in [1.807, 2.05) is 0 Å². The Hall–Kier alpha value is -0.350. The number of hydrogen-bond donors (Lipinski definition) is 0. The average molecular weight is 262 g/mol. The molecule has 1 heteroatoms. The van der Waals surface area contributed by atoms with Gasteiger partial charge in [-0.15, -0.1) is 9.24 Å². The van der Waals surface area contributed by atoms with Crippen molar-refractivity contribution in [3.63, 3.8) is 0 Å². The topological polar surface area (TPSA) is 0 Å². The molecule has 1 aromatic carbocycles. The Kier molecular flexibility index (Phi) is 5.70. The zero-order valence-corrected chi connectivity index (χ0v) is 12.9. The SMILES string of the molecule is CCCCc1ccc(C(P)C2CCCCC2)cc1. The molecule has 0 heterocycles. The molecule has 0 spiro atoms. The second-order valence-electron chi connectivity index (χ2n) is 5.77. The van der Waals surface area contributed by atoms with E-state index in [4.69, 9.17) is 0 Å². The summed E-state index contributed by atoms with van der Waals surface area (Å²) in [5.41, 5.74) is 3.69. The van der Waals surface area contributed by atoms with Crippen LogP contribution in [0.5, 0.6) is 0 Å². The highest BCUT2D eigenvalue weighted by molar-refractivity contribution is 7.17. The van der Waals surface area contributed by atoms with E-state index >= 15 is 0 Å². The monoisotopic (exact) mass is 262 g/mol. The maximum absolute atomic E-state index is 3.09. The van der Waals surface area contributed by atoms with Crippen LogP contribution >= 0.6 is 9.24 Å². The highest BCUT2D eigenvalue weighted by Crippen LogP contribution is 2.40. The van der Waals surface area contributed by atoms with Crippen LogP contribution in [0.3, 0.4) is 0 Å². The summed E-state index contributed by atoms with van der Waals surface area (Å²) < 4.78 is 0. The van der Waals surface area contributed by atoms with Gasteiger partial charge in [0.25, 0.3) is 0 Å². The van der Waals surface area contributed by atoms with E-state index in [1.54, 1.807) is 0 Å². The molecule has 1 fully saturated rings. The van der Waals surface area contributed by atoms with Gasteiger partial charge in [0.1, 0.15) is 0 Å². The summed E-state index contributed by atoms with van der Waals surface area (Å²) in [7, 11) is 3.09. The lowest BCUT2D eigenvalue weighted by molar-refractivity contribution is 0.351. The Morgan fingerprint density at radius 3 is 2.39 bits per heavy atom. The first kappa shape index (κ1) is 14.1. The molecular formula is C17H27P. The zero-order valence-electron chi connectivity index (χ0n) is 11.7. The normalized spacial score (nSPS) is 18.8. The largest absolute Gasteiger partial charge is 0.129 e. The molecule has 2 unspecified atom stereocenters. The van der Waals surface area contributed by atoms with E-state index in [2.05, 4.69) is 40.4 Å². The predicted octanol–water partition coefficient (Wildman–Crippen LogP) is 5.53. The van der Waals surface area contributed by atoms with Crippen molar-refractivity contribution in [1.82, 2.24) is 0 Å². The molecule has 18 heavy (non-hydrogen) atoms. The van der Waals surface area contributed by atoms with E-state index < -0.39 is 0 Å². The van der Waals surface area contributed by atoms with Gasteiger partial charge in [-0.2, -0.15) is 0 Å². The lowest BCUT2D eigenvalue weighted by atomic mass is 9.84. The third-order valence-corrected chi connectivity index (χ3v) is 5.27. The molecule has 0 N–H and O–H groups in total. The van der Waals surface area contributed by atoms with Gasteiger partial charge in [-0.3, -0.25) is 0 Å². The quantitative estimate of drug-likeness (QED) is 0.612. The van der Waals surface area contributed by atoms with Gasteiger partial charge in [-0.05, 0) is 42.7 Å². The second kappa shape index (κ2) is 7.29. The number of benzene rings is 1. The number of aryl methyl sites for hydroxylation is 1. The lowest BCUT2D eigenvalue weighted by Gasteiger charge is -2.27. The van der Waals surface area contributed by atoms with Crippen molar-refractivity contribution in [2.24, 2.45) is 5.92 Å². The zero-order chi connectivity index (χ0) is 12.8. The van der Waals surface area contributed by atoms with Gasteiger partial charge in [0.15, 0.2) is 0 Å². The maximum Gasteiger partial charge on any atom is 0.00136 e. The van der Waals surface area contributed by atoms with Crippen LogP contribution in [0.25, 0.3) is 0 Å². The van der Waals surface area contributed by atoms with Crippen LogP contribution in [-0.2, 0) is 6.42 Å². The Balaban J connectivity index is 1.95. The minimum atomic E-state index is 0.672. The van der Waals surface area contributed by atoms with Crippen LogP contribution in [0.4, 0.5) is 0 Å². The summed E-state index contributed by atoms with van der Waals surface area (Å²) in [5, 5.41) is 0. The standard InChI is InChI=1S/C17H27P/c1-2-3-7-14-10-12-16(13-11-14)17(18)15-8-5-4-6-9-15/h10-13,15,17H,2-9,18H2,1H3. The molecule has 2 rings (SSSR count). The summed E-state index contributed by atoms with van der Waals surface area (Å²) in [5.74, 6) is 0.894. The van der Waals surface area contributed by atoms with Gasteiger partial charge in [0.2, 0.25) is 0 Å². The van der Waals surface area contributed by atoms with E-state index in [0.29, 0.717) is 5.66 Å². The van der Waals surface area contributed by atoms with Crippen LogP contribution < -0.4 is 0 Å². The van der Waals surface area contributed by atoms with Crippen LogP contribution in [0, 0.1) is 5.92 Å². The molecule has 2 atom stereocenters. The molecule has 100 valence electrons. The van der Waals surface area contributed by atoms with Crippen LogP contribution in [0.1, 0.15) is 68.7 Å². The maximum atomic E-state index is 3.09. The first-order chi connectivity index (χ1) is 8.81. The third kappa shape index (κ3) is 3.82. The van der Waals surface area contributed by atoms with Gasteiger partial charge < -0.3 is 0 Å². The Bertz CT molecular complexity index is 335. The fourth-order valence-corrected chi connectivity index (χ4v) is 3.66. The number of unbranched alkanes of at least 4 members (excludes halogenated alkanes) is 1. The molecule has 1 aromatic rings. The van der Waals surface area contributed by atoms with Crippen LogP contribution in [0.2, 0.25) is 0 Å². The van der Waals surface area contributed by atoms with Gasteiger partial charge in [-0.1, -0.05) is 56.9 Å². The molecule has 0 nitrogen and oxygen atoms in total. The van der Waals surface area contributed by atoms with E-state index in [-0.39, 0.29) is 0 Å². The van der Waals surface area contributed by atoms with Crippen molar-refractivity contribution in [2.45, 2.75) is 63.9 Å². The van der Waals surface area contributed by atoms with Crippen LogP contribution in [-0.4, -0.2) is 0 Å². The molecule has 0 aromatic heterocycles. The minimum absolute atomic E-state index is 0.672. The fraction of sp³-hybridized carbons (Fsp3) is 0.647. The Labute approximate surface area is 115 Å². The summed E-state index contributed by atoms with van der Waals surface area (Å²) in [4.78, 5) is 0. The summed E-state index contributed by atoms with van der Waals surface area (Å²) in [6, 6.07) is 9.39. The fourth-order valence-electron chi connectivity index (χ4n) is 3.05. The number of rotatable bonds is 5. The van der Waals surface area contributed by atoms with Crippen molar-refractivity contribution >= 4 is 9.24 Å². The molecular weight excluding hydrogens is 235 g/mol. The molecule has 0 amide bonds. The van der Waals surface area contributed by atoms with E-state index in [0.717, 1.165) is 5.92 Å². The molecule has 1 saturated carbocycles. The van der Waals surface area contributed by atoms with Gasteiger partial charge in [-0.25, -0.2) is 0 Å². The van der Waals surface area contributed by atoms with Crippen molar-refractivity contribution < 1.29 is 0 Å². The second-order valence-corrected chi connectivity index (χ2v) is 6.49. The summed E-state index contributed by atoms with van der Waals surface area (Å²) >= 11 is 0. The molecule has 1 aliphatic rings. The van der Waals surface area contributed by atoms with Gasteiger partial charge in [0, 0.05) is 5.66 Å². The molecule has 0 saturated heterocycles. The van der Waals surface area contributed by atoms with E-state index in [9.17, 15) is 0 Å². The summed E-state index contributed by atoms with van der Waals surface area (Å²) in [6.07, 6.45) is 11.0. The van der Waals surface area contributed by atoms with Gasteiger partial charge >= 0.3 is 0 Å². The third-order valence-electron chi connectivity index (χ3n) is 4.34. The summed E-state index contributed by atoms with van der Waals surface area (Å²) in [6.45, 7) is 2.26. The van der Waals surface area contributed by atoms with Crippen LogP contribution in [0.15, 0.2) is 24.3 Å². The highest BCUT2D eigenvalue weighted by Gasteiger charge is 2.21. The molecule has 0 bridgehead atoms. The minimum Gasteiger partial charge on any atom is -0.129 e. The van der Waals surface area contributed by atoms with Crippen molar-refractivity contribution in [2.75, 3.05) is 0 Å². The first-order valence-corrected chi connectivity index (χ1v) is 8.32. The first-order valence-electron chi connectivity index (χ1n) is 7.65.